The fraction of sp³-hybridized carbons (Fsp3) is 0.143. The maximum absolute atomic E-state index is 4.05. The van der Waals surface area contributed by atoms with E-state index in [1.807, 2.05) is 11.8 Å². The van der Waals surface area contributed by atoms with Gasteiger partial charge in [0, 0.05) is 5.75 Å². The van der Waals surface area contributed by atoms with Gasteiger partial charge in [0.25, 0.3) is 0 Å². The van der Waals surface area contributed by atoms with Crippen molar-refractivity contribution in [2.75, 3.05) is 12.3 Å². The van der Waals surface area contributed by atoms with Crippen molar-refractivity contribution >= 4 is 11.8 Å². The van der Waals surface area contributed by atoms with E-state index >= 15 is 0 Å². The van der Waals surface area contributed by atoms with E-state index in [1.54, 1.807) is 0 Å². The molecule has 1 nitrogen and oxygen atoms in total. The lowest BCUT2D eigenvalue weighted by Gasteiger charge is -2.35. The van der Waals surface area contributed by atoms with Crippen LogP contribution in [-0.4, -0.2) is 12.3 Å². The van der Waals surface area contributed by atoms with Gasteiger partial charge in [0.05, 0.1) is 11.3 Å². The van der Waals surface area contributed by atoms with Crippen LogP contribution in [-0.2, 0) is 4.75 Å². The summed E-state index contributed by atoms with van der Waals surface area (Å²) in [4.78, 5) is 0. The van der Waals surface area contributed by atoms with Crippen LogP contribution in [0.1, 0.15) is 16.7 Å². The molecule has 0 heterocycles. The molecule has 3 N–H and O–H groups in total. The summed E-state index contributed by atoms with van der Waals surface area (Å²) in [6, 6.07) is 32.4. The van der Waals surface area contributed by atoms with Crippen LogP contribution in [0.2, 0.25) is 0 Å². The minimum atomic E-state index is -0.193. The topological polar surface area (TPSA) is 27.6 Å². The van der Waals surface area contributed by atoms with Gasteiger partial charge in [-0.1, -0.05) is 91.0 Å². The summed E-state index contributed by atoms with van der Waals surface area (Å²) in [5, 5.41) is 0. The van der Waals surface area contributed by atoms with Gasteiger partial charge >= 0.3 is 0 Å². The van der Waals surface area contributed by atoms with Crippen LogP contribution >= 0.6 is 11.8 Å². The molecular weight excluding hydrogens is 298 g/mol. The van der Waals surface area contributed by atoms with Crippen LogP contribution in [0, 0.1) is 0 Å². The van der Waals surface area contributed by atoms with Crippen LogP contribution in [0.3, 0.4) is 0 Å². The highest BCUT2D eigenvalue weighted by molar-refractivity contribution is 8.00. The molecule has 0 spiro atoms. The third kappa shape index (κ3) is 3.19. The first-order valence-electron chi connectivity index (χ1n) is 7.97. The van der Waals surface area contributed by atoms with Crippen molar-refractivity contribution < 1.29 is 5.73 Å². The molecule has 116 valence electrons. The average molecular weight is 320 g/mol. The maximum atomic E-state index is 4.05. The zero-order chi connectivity index (χ0) is 16.0. The lowest BCUT2D eigenvalue weighted by Crippen LogP contribution is -2.51. The second kappa shape index (κ2) is 7.49. The summed E-state index contributed by atoms with van der Waals surface area (Å²) in [6.45, 7) is 0.916. The summed E-state index contributed by atoms with van der Waals surface area (Å²) in [5.74, 6) is 1.01. The number of hydrogen-bond donors (Lipinski definition) is 1. The van der Waals surface area contributed by atoms with Crippen molar-refractivity contribution in [2.24, 2.45) is 0 Å². The minimum Gasteiger partial charge on any atom is -0.357 e. The van der Waals surface area contributed by atoms with Crippen molar-refractivity contribution in [1.29, 1.82) is 0 Å². The highest BCUT2D eigenvalue weighted by Crippen LogP contribution is 2.48. The van der Waals surface area contributed by atoms with Crippen LogP contribution in [0.25, 0.3) is 0 Å². The molecule has 3 rings (SSSR count). The van der Waals surface area contributed by atoms with Crippen LogP contribution in [0.4, 0.5) is 0 Å². The third-order valence-electron chi connectivity index (χ3n) is 4.00. The van der Waals surface area contributed by atoms with Gasteiger partial charge in [0.2, 0.25) is 0 Å². The first-order valence-corrected chi connectivity index (χ1v) is 8.96. The van der Waals surface area contributed by atoms with Crippen molar-refractivity contribution in [3.05, 3.63) is 108 Å². The Labute approximate surface area is 142 Å². The van der Waals surface area contributed by atoms with Crippen LogP contribution < -0.4 is 5.73 Å². The second-order valence-corrected chi connectivity index (χ2v) is 6.79. The molecule has 0 aliphatic carbocycles. The molecule has 0 aliphatic heterocycles. The molecule has 0 unspecified atom stereocenters. The monoisotopic (exact) mass is 320 g/mol. The Morgan fingerprint density at radius 1 is 0.609 bits per heavy atom. The van der Waals surface area contributed by atoms with Gasteiger partial charge in [-0.2, -0.15) is 0 Å². The normalized spacial score (nSPS) is 11.3. The summed E-state index contributed by atoms with van der Waals surface area (Å²) in [6.07, 6.45) is 0. The number of rotatable bonds is 6. The Hall–Kier alpha value is -2.03. The second-order valence-electron chi connectivity index (χ2n) is 5.48. The largest absolute Gasteiger partial charge is 0.357 e. The van der Waals surface area contributed by atoms with Crippen molar-refractivity contribution in [3.63, 3.8) is 0 Å². The molecule has 0 amide bonds. The standard InChI is InChI=1S/C21H21NS/c22-16-17-23-21(18-10-4-1-5-11-18,19-12-6-2-7-13-19)20-14-8-3-9-15-20/h1-15H,16-17,22H2/p+1. The molecule has 2 heteroatoms. The fourth-order valence-corrected chi connectivity index (χ4v) is 4.35. The van der Waals surface area contributed by atoms with E-state index < -0.39 is 0 Å². The highest BCUT2D eigenvalue weighted by Gasteiger charge is 2.36. The van der Waals surface area contributed by atoms with E-state index in [-0.39, 0.29) is 4.75 Å². The molecule has 0 fully saturated rings. The van der Waals surface area contributed by atoms with E-state index in [4.69, 9.17) is 0 Å². The van der Waals surface area contributed by atoms with Crippen molar-refractivity contribution in [2.45, 2.75) is 4.75 Å². The Morgan fingerprint density at radius 2 is 0.957 bits per heavy atom. The molecule has 3 aromatic carbocycles. The van der Waals surface area contributed by atoms with Gasteiger partial charge in [0.1, 0.15) is 0 Å². The lowest BCUT2D eigenvalue weighted by atomic mass is 9.84. The van der Waals surface area contributed by atoms with E-state index in [1.165, 1.54) is 16.7 Å². The Bertz CT molecular complexity index is 614. The molecule has 0 saturated carbocycles. The predicted molar refractivity (Wildman–Crippen MR) is 99.4 cm³/mol. The van der Waals surface area contributed by atoms with Crippen molar-refractivity contribution in [3.8, 4) is 0 Å². The SMILES string of the molecule is [NH3+]CCSC(c1ccccc1)(c1ccccc1)c1ccccc1. The zero-order valence-electron chi connectivity index (χ0n) is 13.2. The molecule has 0 aliphatic rings. The lowest BCUT2D eigenvalue weighted by molar-refractivity contribution is -0.360. The predicted octanol–water partition coefficient (Wildman–Crippen LogP) is 3.95. The molecule has 0 bridgehead atoms. The fourth-order valence-electron chi connectivity index (χ4n) is 2.99. The molecule has 0 saturated heterocycles. The van der Waals surface area contributed by atoms with Gasteiger partial charge in [0.15, 0.2) is 0 Å². The molecule has 0 atom stereocenters. The van der Waals surface area contributed by atoms with E-state index in [0.29, 0.717) is 0 Å². The molecule has 0 radical (unpaired) electrons. The smallest absolute Gasteiger partial charge is 0.0909 e. The quantitative estimate of drug-likeness (QED) is 0.684. The van der Waals surface area contributed by atoms with E-state index in [0.717, 1.165) is 12.3 Å². The summed E-state index contributed by atoms with van der Waals surface area (Å²) >= 11 is 1.97. The Kier molecular flexibility index (Phi) is 5.16. The van der Waals surface area contributed by atoms with Gasteiger partial charge in [-0.15, -0.1) is 11.8 Å². The molecule has 3 aromatic rings. The highest BCUT2D eigenvalue weighted by atomic mass is 32.2. The minimum absolute atomic E-state index is 0.193. The third-order valence-corrected chi connectivity index (χ3v) is 5.64. The summed E-state index contributed by atoms with van der Waals surface area (Å²) in [7, 11) is 0. The van der Waals surface area contributed by atoms with Gasteiger partial charge in [-0.3, -0.25) is 0 Å². The summed E-state index contributed by atoms with van der Waals surface area (Å²) in [5.41, 5.74) is 8.00. The van der Waals surface area contributed by atoms with Gasteiger partial charge in [-0.05, 0) is 16.7 Å². The molecule has 0 aromatic heterocycles. The van der Waals surface area contributed by atoms with Gasteiger partial charge in [-0.25, -0.2) is 0 Å². The Morgan fingerprint density at radius 3 is 1.26 bits per heavy atom. The first kappa shape index (κ1) is 15.9. The average Bonchev–Trinajstić information content (AvgIpc) is 2.65. The number of hydrogen-bond acceptors (Lipinski definition) is 1. The van der Waals surface area contributed by atoms with Crippen LogP contribution in [0.5, 0.6) is 0 Å². The molecular formula is C21H22NS+. The first-order chi connectivity index (χ1) is 11.4. The zero-order valence-corrected chi connectivity index (χ0v) is 14.0. The number of thioether (sulfide) groups is 1. The number of quaternary nitrogens is 1. The van der Waals surface area contributed by atoms with E-state index in [2.05, 4.69) is 96.7 Å². The number of benzene rings is 3. The maximum Gasteiger partial charge on any atom is 0.0909 e. The summed E-state index contributed by atoms with van der Waals surface area (Å²) < 4.78 is -0.193. The van der Waals surface area contributed by atoms with E-state index in [9.17, 15) is 0 Å². The van der Waals surface area contributed by atoms with Gasteiger partial charge < -0.3 is 5.73 Å². The van der Waals surface area contributed by atoms with Crippen LogP contribution in [0.15, 0.2) is 91.0 Å². The Balaban J connectivity index is 2.25. The molecule has 23 heavy (non-hydrogen) atoms. The van der Waals surface area contributed by atoms with Crippen molar-refractivity contribution in [1.82, 2.24) is 0 Å².